The Labute approximate surface area is 176 Å². The van der Waals surface area contributed by atoms with Crippen LogP contribution in [0.1, 0.15) is 23.9 Å². The highest BCUT2D eigenvalue weighted by Gasteiger charge is 2.32. The highest BCUT2D eigenvalue weighted by molar-refractivity contribution is 5.86. The SMILES string of the molecule is CCOC(=O)C=Cc1ccc(-c2cc(C)cc(Nc3nccc(C(F)(F)F)n3)c2)cn1. The maximum atomic E-state index is 12.9. The number of esters is 1. The van der Waals surface area contributed by atoms with Gasteiger partial charge in [0.05, 0.1) is 12.3 Å². The van der Waals surface area contributed by atoms with Gasteiger partial charge < -0.3 is 10.1 Å². The number of hydrogen-bond donors (Lipinski definition) is 1. The lowest BCUT2D eigenvalue weighted by molar-refractivity contribution is -0.141. The van der Waals surface area contributed by atoms with E-state index in [-0.39, 0.29) is 5.95 Å². The summed E-state index contributed by atoms with van der Waals surface area (Å²) in [6.07, 6.45) is 1.00. The van der Waals surface area contributed by atoms with Crippen molar-refractivity contribution in [1.29, 1.82) is 0 Å². The Hall–Kier alpha value is -3.75. The van der Waals surface area contributed by atoms with Crippen LogP contribution in [0.5, 0.6) is 0 Å². The first kappa shape index (κ1) is 21.9. The molecule has 0 saturated carbocycles. The molecule has 0 atom stereocenters. The van der Waals surface area contributed by atoms with E-state index < -0.39 is 17.8 Å². The third-order valence-corrected chi connectivity index (χ3v) is 4.08. The van der Waals surface area contributed by atoms with Gasteiger partial charge in [-0.3, -0.25) is 4.98 Å². The molecular formula is C22H19F3N4O2. The van der Waals surface area contributed by atoms with E-state index in [0.717, 1.165) is 29.0 Å². The lowest BCUT2D eigenvalue weighted by Gasteiger charge is -2.11. The van der Waals surface area contributed by atoms with E-state index in [2.05, 4.69) is 20.3 Å². The van der Waals surface area contributed by atoms with Gasteiger partial charge in [-0.05, 0) is 55.3 Å². The van der Waals surface area contributed by atoms with Gasteiger partial charge in [-0.1, -0.05) is 12.1 Å². The molecule has 0 aliphatic rings. The Bertz CT molecular complexity index is 1100. The van der Waals surface area contributed by atoms with Crippen molar-refractivity contribution in [2.24, 2.45) is 0 Å². The minimum atomic E-state index is -4.55. The third kappa shape index (κ3) is 6.11. The molecule has 1 N–H and O–H groups in total. The van der Waals surface area contributed by atoms with Gasteiger partial charge in [-0.15, -0.1) is 0 Å². The van der Waals surface area contributed by atoms with Crippen LogP contribution in [0.4, 0.5) is 24.8 Å². The van der Waals surface area contributed by atoms with Crippen molar-refractivity contribution in [3.63, 3.8) is 0 Å². The lowest BCUT2D eigenvalue weighted by Crippen LogP contribution is -2.10. The highest BCUT2D eigenvalue weighted by Crippen LogP contribution is 2.29. The lowest BCUT2D eigenvalue weighted by atomic mass is 10.0. The average molecular weight is 428 g/mol. The smallest absolute Gasteiger partial charge is 0.433 e. The first-order valence-corrected chi connectivity index (χ1v) is 9.35. The second-order valence-corrected chi connectivity index (χ2v) is 6.53. The molecule has 160 valence electrons. The summed E-state index contributed by atoms with van der Waals surface area (Å²) >= 11 is 0. The molecule has 0 spiro atoms. The second-order valence-electron chi connectivity index (χ2n) is 6.53. The number of benzene rings is 1. The maximum absolute atomic E-state index is 12.9. The zero-order valence-corrected chi connectivity index (χ0v) is 16.8. The molecule has 0 fully saturated rings. The first-order chi connectivity index (χ1) is 14.7. The quantitative estimate of drug-likeness (QED) is 0.430. The van der Waals surface area contributed by atoms with Crippen LogP contribution >= 0.6 is 0 Å². The maximum Gasteiger partial charge on any atom is 0.433 e. The van der Waals surface area contributed by atoms with Gasteiger partial charge in [0.25, 0.3) is 0 Å². The molecule has 9 heteroatoms. The molecule has 6 nitrogen and oxygen atoms in total. The summed E-state index contributed by atoms with van der Waals surface area (Å²) in [7, 11) is 0. The number of nitrogens with one attached hydrogen (secondary N) is 1. The molecule has 3 aromatic rings. The summed E-state index contributed by atoms with van der Waals surface area (Å²) in [6, 6.07) is 9.85. The van der Waals surface area contributed by atoms with Crippen molar-refractivity contribution in [1.82, 2.24) is 15.0 Å². The van der Waals surface area contributed by atoms with Crippen LogP contribution in [0, 0.1) is 6.92 Å². The van der Waals surface area contributed by atoms with Gasteiger partial charge >= 0.3 is 12.1 Å². The average Bonchev–Trinajstić information content (AvgIpc) is 2.72. The normalized spacial score (nSPS) is 11.5. The minimum absolute atomic E-state index is 0.149. The number of alkyl halides is 3. The summed E-state index contributed by atoms with van der Waals surface area (Å²) in [5.74, 6) is -0.594. The first-order valence-electron chi connectivity index (χ1n) is 9.35. The van der Waals surface area contributed by atoms with E-state index in [1.54, 1.807) is 37.4 Å². The van der Waals surface area contributed by atoms with Gasteiger partial charge in [0.1, 0.15) is 5.69 Å². The Morgan fingerprint density at radius 1 is 1.13 bits per heavy atom. The van der Waals surface area contributed by atoms with Crippen molar-refractivity contribution >= 4 is 23.7 Å². The predicted octanol–water partition coefficient (Wildman–Crippen LogP) is 5.19. The Morgan fingerprint density at radius 2 is 1.94 bits per heavy atom. The largest absolute Gasteiger partial charge is 0.463 e. The van der Waals surface area contributed by atoms with Crippen LogP contribution in [0.2, 0.25) is 0 Å². The number of aryl methyl sites for hydroxylation is 1. The van der Waals surface area contributed by atoms with Gasteiger partial charge in [0.2, 0.25) is 5.95 Å². The molecule has 0 bridgehead atoms. The number of carbonyl (C=O) groups is 1. The summed E-state index contributed by atoms with van der Waals surface area (Å²) in [6.45, 7) is 3.89. The molecule has 2 heterocycles. The van der Waals surface area contributed by atoms with E-state index in [9.17, 15) is 18.0 Å². The predicted molar refractivity (Wildman–Crippen MR) is 110 cm³/mol. The Morgan fingerprint density at radius 3 is 2.61 bits per heavy atom. The van der Waals surface area contributed by atoms with Crippen molar-refractivity contribution < 1.29 is 22.7 Å². The Balaban J connectivity index is 1.81. The van der Waals surface area contributed by atoms with Gasteiger partial charge in [-0.2, -0.15) is 13.2 Å². The fourth-order valence-electron chi connectivity index (χ4n) is 2.75. The minimum Gasteiger partial charge on any atom is -0.463 e. The van der Waals surface area contributed by atoms with Crippen LogP contribution in [0.25, 0.3) is 17.2 Å². The third-order valence-electron chi connectivity index (χ3n) is 4.08. The summed E-state index contributed by atoms with van der Waals surface area (Å²) < 4.78 is 43.4. The van der Waals surface area contributed by atoms with Crippen molar-refractivity contribution in [2.75, 3.05) is 11.9 Å². The summed E-state index contributed by atoms with van der Waals surface area (Å²) in [5, 5.41) is 2.82. The van der Waals surface area contributed by atoms with Crippen LogP contribution in [0.3, 0.4) is 0 Å². The zero-order chi connectivity index (χ0) is 22.4. The Kier molecular flexibility index (Phi) is 6.64. The van der Waals surface area contributed by atoms with E-state index in [0.29, 0.717) is 18.0 Å². The van der Waals surface area contributed by atoms with Gasteiger partial charge in [0, 0.05) is 29.7 Å². The number of halogens is 3. The summed E-state index contributed by atoms with van der Waals surface area (Å²) in [4.78, 5) is 23.1. The molecule has 3 rings (SSSR count). The summed E-state index contributed by atoms with van der Waals surface area (Å²) in [5.41, 5.74) is 2.60. The van der Waals surface area contributed by atoms with E-state index in [4.69, 9.17) is 4.74 Å². The number of anilines is 2. The second kappa shape index (κ2) is 9.38. The highest BCUT2D eigenvalue weighted by atomic mass is 19.4. The number of pyridine rings is 1. The molecule has 1 aromatic carbocycles. The molecule has 0 aliphatic heterocycles. The van der Waals surface area contributed by atoms with Crippen LogP contribution in [0.15, 0.2) is 54.9 Å². The number of hydrogen-bond acceptors (Lipinski definition) is 6. The number of aromatic nitrogens is 3. The fourth-order valence-corrected chi connectivity index (χ4v) is 2.75. The van der Waals surface area contributed by atoms with E-state index in [1.807, 2.05) is 19.1 Å². The van der Waals surface area contributed by atoms with Crippen molar-refractivity contribution in [3.8, 4) is 11.1 Å². The topological polar surface area (TPSA) is 77.0 Å². The number of ether oxygens (including phenoxy) is 1. The van der Waals surface area contributed by atoms with Crippen LogP contribution < -0.4 is 5.32 Å². The molecule has 0 amide bonds. The van der Waals surface area contributed by atoms with Crippen molar-refractivity contribution in [3.05, 3.63) is 71.8 Å². The number of carbonyl (C=O) groups excluding carboxylic acids is 1. The molecule has 0 radical (unpaired) electrons. The molecule has 31 heavy (non-hydrogen) atoms. The number of rotatable bonds is 6. The number of nitrogens with zero attached hydrogens (tertiary/aromatic N) is 3. The monoisotopic (exact) mass is 428 g/mol. The molecule has 2 aromatic heterocycles. The van der Waals surface area contributed by atoms with E-state index >= 15 is 0 Å². The fraction of sp³-hybridized carbons (Fsp3) is 0.182. The standard InChI is InChI=1S/C22H19F3N4O2/c1-3-31-20(30)7-6-17-5-4-15(13-27-17)16-10-14(2)11-18(12-16)28-21-26-9-8-19(29-21)22(23,24)25/h4-13H,3H2,1-2H3,(H,26,28,29). The van der Waals surface area contributed by atoms with Crippen LogP contribution in [-0.4, -0.2) is 27.5 Å². The van der Waals surface area contributed by atoms with Gasteiger partial charge in [-0.25, -0.2) is 14.8 Å². The van der Waals surface area contributed by atoms with Crippen molar-refractivity contribution in [2.45, 2.75) is 20.0 Å². The molecular weight excluding hydrogens is 409 g/mol. The molecule has 0 saturated heterocycles. The van der Waals surface area contributed by atoms with Gasteiger partial charge in [0.15, 0.2) is 0 Å². The molecule has 0 aliphatic carbocycles. The zero-order valence-electron chi connectivity index (χ0n) is 16.8. The van der Waals surface area contributed by atoms with Crippen LogP contribution in [-0.2, 0) is 15.7 Å². The van der Waals surface area contributed by atoms with E-state index in [1.165, 1.54) is 6.08 Å². The molecule has 0 unspecified atom stereocenters.